The van der Waals surface area contributed by atoms with Crippen LogP contribution in [-0.2, 0) is 17.9 Å². The van der Waals surface area contributed by atoms with Crippen LogP contribution in [0.1, 0.15) is 40.8 Å². The fourth-order valence-electron chi connectivity index (χ4n) is 6.62. The van der Waals surface area contributed by atoms with Gasteiger partial charge in [-0.3, -0.25) is 19.2 Å². The number of carbonyl (C=O) groups is 2. The minimum Gasteiger partial charge on any atom is -0.393 e. The number of carbonyl (C=O) groups excluding carboxylic acids is 2. The van der Waals surface area contributed by atoms with Gasteiger partial charge in [-0.25, -0.2) is 13.8 Å². The topological polar surface area (TPSA) is 163 Å². The van der Waals surface area contributed by atoms with E-state index in [2.05, 4.69) is 41.5 Å². The highest BCUT2D eigenvalue weighted by Crippen LogP contribution is 2.44. The van der Waals surface area contributed by atoms with Crippen molar-refractivity contribution in [3.05, 3.63) is 83.0 Å². The second kappa shape index (κ2) is 13.0. The standard InChI is InChI=1S/C34H41F2N11O2/c1-39-30(37)11-28(31(38)33(48)42-19-9-10-19)43-26-7-4-6-22-23-12-40-47(29(23)18-44(2)32(22)26)21-14-45(15-21)13-20-5-3-8-27(41-20)34(49)46-16-24(35)25(36)17-46/h3-8,11-12,19,21,24-25,39,43H,9-10,13-18,37-38H2,1-2H3,(H,42,48)/b30-11+,31-28+. The van der Waals surface area contributed by atoms with E-state index >= 15 is 0 Å². The van der Waals surface area contributed by atoms with E-state index in [-0.39, 0.29) is 42.5 Å². The molecule has 3 fully saturated rings. The number of hydrogen-bond acceptors (Lipinski definition) is 10. The minimum atomic E-state index is -1.66. The van der Waals surface area contributed by atoms with Crippen molar-refractivity contribution in [2.24, 2.45) is 11.5 Å². The monoisotopic (exact) mass is 673 g/mol. The summed E-state index contributed by atoms with van der Waals surface area (Å²) in [5, 5.41) is 14.0. The summed E-state index contributed by atoms with van der Waals surface area (Å²) in [6.45, 7) is 2.16. The van der Waals surface area contributed by atoms with Crippen LogP contribution in [0.4, 0.5) is 20.2 Å². The van der Waals surface area contributed by atoms with E-state index in [9.17, 15) is 18.4 Å². The van der Waals surface area contributed by atoms with Gasteiger partial charge >= 0.3 is 0 Å². The Morgan fingerprint density at radius 2 is 1.76 bits per heavy atom. The molecule has 1 aromatic carbocycles. The van der Waals surface area contributed by atoms with Gasteiger partial charge in [-0.2, -0.15) is 5.10 Å². The van der Waals surface area contributed by atoms with Crippen molar-refractivity contribution in [1.29, 1.82) is 0 Å². The SMILES string of the molecule is CN/C(N)=C/C(Nc1cccc2c1N(C)Cc1c-2cnn1C1CN(Cc2cccc(C(=O)N3CC(F)C(F)C3)n2)C1)=C(\N)C(=O)NC1CC1. The van der Waals surface area contributed by atoms with Gasteiger partial charge in [0.25, 0.3) is 11.8 Å². The number of hydrogen-bond donors (Lipinski definition) is 5. The average molecular weight is 674 g/mol. The number of nitrogens with two attached hydrogens (primary N) is 2. The van der Waals surface area contributed by atoms with Crippen molar-refractivity contribution >= 4 is 23.2 Å². The van der Waals surface area contributed by atoms with Crippen LogP contribution in [0.15, 0.2) is 65.9 Å². The van der Waals surface area contributed by atoms with Crippen LogP contribution in [0.5, 0.6) is 0 Å². The van der Waals surface area contributed by atoms with Crippen molar-refractivity contribution in [3.63, 3.8) is 0 Å². The average Bonchev–Trinajstić information content (AvgIpc) is 3.70. The Labute approximate surface area is 283 Å². The summed E-state index contributed by atoms with van der Waals surface area (Å²) in [5.74, 6) is -0.439. The highest BCUT2D eigenvalue weighted by Gasteiger charge is 2.37. The van der Waals surface area contributed by atoms with E-state index in [0.29, 0.717) is 24.6 Å². The van der Waals surface area contributed by atoms with Crippen LogP contribution in [0, 0.1) is 0 Å². The van der Waals surface area contributed by atoms with Crippen LogP contribution in [0.2, 0.25) is 0 Å². The molecule has 2 amide bonds. The molecule has 3 aliphatic heterocycles. The number of aromatic nitrogens is 3. The molecule has 7 N–H and O–H groups in total. The van der Waals surface area contributed by atoms with Gasteiger partial charge in [0.15, 0.2) is 12.3 Å². The molecule has 0 spiro atoms. The zero-order valence-electron chi connectivity index (χ0n) is 27.5. The van der Waals surface area contributed by atoms with Crippen LogP contribution < -0.4 is 32.3 Å². The number of halogens is 2. The van der Waals surface area contributed by atoms with Gasteiger partial charge in [0.05, 0.1) is 66.2 Å². The van der Waals surface area contributed by atoms with Gasteiger partial charge in [-0.05, 0) is 31.0 Å². The predicted molar refractivity (Wildman–Crippen MR) is 181 cm³/mol. The molecule has 0 bridgehead atoms. The molecule has 1 aliphatic carbocycles. The lowest BCUT2D eigenvalue weighted by Crippen LogP contribution is -2.48. The maximum absolute atomic E-state index is 13.7. The molecule has 4 aliphatic rings. The largest absolute Gasteiger partial charge is 0.393 e. The molecule has 2 atom stereocenters. The van der Waals surface area contributed by atoms with Crippen LogP contribution >= 0.6 is 0 Å². The molecule has 2 unspecified atom stereocenters. The maximum atomic E-state index is 13.7. The Hall–Kier alpha value is -5.18. The number of amides is 2. The molecule has 15 heteroatoms. The van der Waals surface area contributed by atoms with E-state index < -0.39 is 18.3 Å². The van der Waals surface area contributed by atoms with Crippen molar-refractivity contribution in [2.45, 2.75) is 50.4 Å². The third-order valence-electron chi connectivity index (χ3n) is 9.46. The number of alkyl halides is 2. The summed E-state index contributed by atoms with van der Waals surface area (Å²) < 4.78 is 29.4. The number of para-hydroxylation sites is 1. The van der Waals surface area contributed by atoms with Crippen molar-refractivity contribution in [1.82, 2.24) is 35.2 Å². The lowest BCUT2D eigenvalue weighted by atomic mass is 9.97. The molecular formula is C34H41F2N11O2. The molecule has 13 nitrogen and oxygen atoms in total. The molecule has 258 valence electrons. The molecular weight excluding hydrogens is 632 g/mol. The van der Waals surface area contributed by atoms with E-state index in [1.54, 1.807) is 25.3 Å². The summed E-state index contributed by atoms with van der Waals surface area (Å²) in [5.41, 5.74) is 18.7. The zero-order valence-corrected chi connectivity index (χ0v) is 27.5. The molecule has 1 saturated carbocycles. The van der Waals surface area contributed by atoms with Gasteiger partial charge in [0.1, 0.15) is 11.4 Å². The van der Waals surface area contributed by atoms with E-state index in [1.165, 1.54) is 4.90 Å². The van der Waals surface area contributed by atoms with Gasteiger partial charge in [0.2, 0.25) is 0 Å². The second-order valence-corrected chi connectivity index (χ2v) is 13.2. The first-order valence-corrected chi connectivity index (χ1v) is 16.5. The smallest absolute Gasteiger partial charge is 0.272 e. The summed E-state index contributed by atoms with van der Waals surface area (Å²) in [6, 6.07) is 11.5. The van der Waals surface area contributed by atoms with Crippen LogP contribution in [0.3, 0.4) is 0 Å². The quantitative estimate of drug-likeness (QED) is 0.159. The molecule has 2 saturated heterocycles. The number of nitrogens with one attached hydrogen (secondary N) is 3. The number of pyridine rings is 1. The summed E-state index contributed by atoms with van der Waals surface area (Å²) >= 11 is 0. The first-order chi connectivity index (χ1) is 23.6. The summed E-state index contributed by atoms with van der Waals surface area (Å²) in [6.07, 6.45) is 2.10. The lowest BCUT2D eigenvalue weighted by molar-refractivity contribution is -0.117. The first-order valence-electron chi connectivity index (χ1n) is 16.5. The molecule has 3 aromatic rings. The Morgan fingerprint density at radius 1 is 1.02 bits per heavy atom. The number of nitrogens with zero attached hydrogens (tertiary/aromatic N) is 6. The zero-order chi connectivity index (χ0) is 34.4. The third-order valence-corrected chi connectivity index (χ3v) is 9.46. The van der Waals surface area contributed by atoms with Crippen LogP contribution in [-0.4, -0.2) is 95.0 Å². The third kappa shape index (κ3) is 6.49. The summed E-state index contributed by atoms with van der Waals surface area (Å²) in [4.78, 5) is 35.7. The first kappa shape index (κ1) is 32.4. The Morgan fingerprint density at radius 3 is 2.47 bits per heavy atom. The molecule has 2 aromatic heterocycles. The molecule has 7 rings (SSSR count). The second-order valence-electron chi connectivity index (χ2n) is 13.2. The van der Waals surface area contributed by atoms with E-state index in [4.69, 9.17) is 16.6 Å². The number of benzene rings is 1. The van der Waals surface area contributed by atoms with Gasteiger partial charge in [-0.15, -0.1) is 0 Å². The Balaban J connectivity index is 1.05. The van der Waals surface area contributed by atoms with Crippen molar-refractivity contribution in [3.8, 4) is 11.1 Å². The number of likely N-dealkylation sites (tertiary alicyclic amines) is 2. The normalized spacial score (nSPS) is 21.4. The van der Waals surface area contributed by atoms with Crippen molar-refractivity contribution < 1.29 is 18.4 Å². The highest BCUT2D eigenvalue weighted by molar-refractivity contribution is 5.96. The Bertz CT molecular complexity index is 1820. The number of anilines is 2. The minimum absolute atomic E-state index is 0.0502. The van der Waals surface area contributed by atoms with Crippen LogP contribution in [0.25, 0.3) is 11.1 Å². The molecule has 0 radical (unpaired) electrons. The number of rotatable bonds is 10. The number of fused-ring (bicyclic) bond motifs is 3. The predicted octanol–water partition coefficient (Wildman–Crippen LogP) is 1.96. The van der Waals surface area contributed by atoms with E-state index in [1.807, 2.05) is 31.4 Å². The fourth-order valence-corrected chi connectivity index (χ4v) is 6.62. The molecule has 5 heterocycles. The lowest BCUT2D eigenvalue weighted by Gasteiger charge is -2.40. The van der Waals surface area contributed by atoms with Gasteiger partial charge < -0.3 is 37.2 Å². The number of allylic oxidation sites excluding steroid dienone is 1. The maximum Gasteiger partial charge on any atom is 0.272 e. The van der Waals surface area contributed by atoms with E-state index in [0.717, 1.165) is 59.8 Å². The van der Waals surface area contributed by atoms with Gasteiger partial charge in [-0.1, -0.05) is 18.2 Å². The Kier molecular flexibility index (Phi) is 8.61. The van der Waals surface area contributed by atoms with Gasteiger partial charge in [0, 0.05) is 57.0 Å². The molecule has 49 heavy (non-hydrogen) atoms. The fraction of sp³-hybridized carbons (Fsp3) is 0.412. The highest BCUT2D eigenvalue weighted by atomic mass is 19.2. The van der Waals surface area contributed by atoms with Crippen molar-refractivity contribution in [2.75, 3.05) is 50.5 Å². The summed E-state index contributed by atoms with van der Waals surface area (Å²) in [7, 11) is 3.72.